The van der Waals surface area contributed by atoms with Crippen molar-refractivity contribution < 1.29 is 10.2 Å². The third-order valence-electron chi connectivity index (χ3n) is 10.2. The van der Waals surface area contributed by atoms with Gasteiger partial charge in [0.2, 0.25) is 0 Å². The molecule has 0 bridgehead atoms. The molecule has 0 aliphatic heterocycles. The second kappa shape index (κ2) is 7.97. The maximum Gasteiger partial charge on any atom is 0.0780 e. The van der Waals surface area contributed by atoms with Crippen LogP contribution in [-0.2, 0) is 0 Å². The largest absolute Gasteiger partial charge is 0.393 e. The van der Waals surface area contributed by atoms with E-state index in [2.05, 4.69) is 40.7 Å². The molecule has 2 heteroatoms. The molecule has 4 aliphatic rings. The van der Waals surface area contributed by atoms with Crippen LogP contribution in [0, 0.1) is 46.3 Å². The molecule has 3 fully saturated rings. The summed E-state index contributed by atoms with van der Waals surface area (Å²) in [4.78, 5) is 0. The molecule has 0 heterocycles. The summed E-state index contributed by atoms with van der Waals surface area (Å²) >= 11 is 0. The van der Waals surface area contributed by atoms with Crippen molar-refractivity contribution >= 4 is 0 Å². The molecular weight excluding hydrogens is 356 g/mol. The van der Waals surface area contributed by atoms with Gasteiger partial charge in [-0.1, -0.05) is 60.0 Å². The molecule has 4 aliphatic carbocycles. The van der Waals surface area contributed by atoms with Gasteiger partial charge in [-0.2, -0.15) is 0 Å². The smallest absolute Gasteiger partial charge is 0.0780 e. The Balaban J connectivity index is 1.52. The second-order valence-corrected chi connectivity index (χ2v) is 12.3. The molecule has 2 N–H and O–H groups in total. The number of rotatable bonds is 5. The van der Waals surface area contributed by atoms with E-state index in [4.69, 9.17) is 0 Å². The topological polar surface area (TPSA) is 40.5 Å². The summed E-state index contributed by atoms with van der Waals surface area (Å²) in [6.45, 7) is 12.2. The van der Waals surface area contributed by atoms with Crippen LogP contribution < -0.4 is 0 Å². The summed E-state index contributed by atoms with van der Waals surface area (Å²) in [7, 11) is 0. The van der Waals surface area contributed by atoms with Crippen LogP contribution >= 0.6 is 0 Å². The fraction of sp³-hybridized carbons (Fsp3) is 0.926. The van der Waals surface area contributed by atoms with E-state index < -0.39 is 6.10 Å². The Morgan fingerprint density at radius 1 is 1.03 bits per heavy atom. The molecule has 4 rings (SSSR count). The molecule has 0 aromatic rings. The fourth-order valence-electron chi connectivity index (χ4n) is 8.89. The van der Waals surface area contributed by atoms with E-state index in [0.717, 1.165) is 42.4 Å². The van der Waals surface area contributed by atoms with Crippen LogP contribution in [-0.4, -0.2) is 22.4 Å². The third kappa shape index (κ3) is 3.65. The molecule has 0 aromatic heterocycles. The quantitative estimate of drug-likeness (QED) is 0.525. The van der Waals surface area contributed by atoms with Gasteiger partial charge in [0.15, 0.2) is 0 Å². The minimum Gasteiger partial charge on any atom is -0.393 e. The molecule has 0 amide bonds. The average Bonchev–Trinajstić information content (AvgIpc) is 2.97. The summed E-state index contributed by atoms with van der Waals surface area (Å²) in [6, 6.07) is 0. The van der Waals surface area contributed by atoms with E-state index in [1.54, 1.807) is 0 Å². The summed E-state index contributed by atoms with van der Waals surface area (Å²) < 4.78 is 0. The van der Waals surface area contributed by atoms with Crippen molar-refractivity contribution in [3.8, 4) is 0 Å². The average molecular weight is 403 g/mol. The van der Waals surface area contributed by atoms with E-state index in [1.807, 2.05) is 0 Å². The van der Waals surface area contributed by atoms with Crippen LogP contribution in [0.1, 0.15) is 98.8 Å². The highest BCUT2D eigenvalue weighted by molar-refractivity contribution is 5.28. The van der Waals surface area contributed by atoms with Crippen molar-refractivity contribution in [2.24, 2.45) is 46.3 Å². The Morgan fingerprint density at radius 2 is 1.79 bits per heavy atom. The van der Waals surface area contributed by atoms with Crippen LogP contribution in [0.15, 0.2) is 11.6 Å². The molecule has 0 saturated heterocycles. The van der Waals surface area contributed by atoms with E-state index in [-0.39, 0.29) is 11.5 Å². The molecule has 29 heavy (non-hydrogen) atoms. The van der Waals surface area contributed by atoms with Crippen LogP contribution in [0.3, 0.4) is 0 Å². The van der Waals surface area contributed by atoms with Gasteiger partial charge < -0.3 is 10.2 Å². The lowest BCUT2D eigenvalue weighted by molar-refractivity contribution is -0.0789. The molecule has 3 saturated carbocycles. The lowest BCUT2D eigenvalue weighted by Gasteiger charge is -2.59. The molecule has 9 atom stereocenters. The SMILES string of the molecule is CC(C)CCCC(C)C1CCC2C3CC=C4C(O)CC(O)CC4(C)C3CCC12C. The molecular formula is C27H46O2. The van der Waals surface area contributed by atoms with E-state index >= 15 is 0 Å². The zero-order valence-corrected chi connectivity index (χ0v) is 19.7. The van der Waals surface area contributed by atoms with E-state index in [9.17, 15) is 10.2 Å². The van der Waals surface area contributed by atoms with Gasteiger partial charge in [0, 0.05) is 6.42 Å². The first kappa shape index (κ1) is 21.9. The molecule has 2 nitrogen and oxygen atoms in total. The summed E-state index contributed by atoms with van der Waals surface area (Å²) in [5.41, 5.74) is 1.79. The number of aliphatic hydroxyl groups is 2. The van der Waals surface area contributed by atoms with E-state index in [1.165, 1.54) is 50.5 Å². The molecule has 0 radical (unpaired) electrons. The summed E-state index contributed by atoms with van der Waals surface area (Å²) in [5, 5.41) is 21.1. The van der Waals surface area contributed by atoms with Gasteiger partial charge >= 0.3 is 0 Å². The highest BCUT2D eigenvalue weighted by Gasteiger charge is 2.60. The Kier molecular flexibility index (Phi) is 6.01. The van der Waals surface area contributed by atoms with Crippen molar-refractivity contribution in [2.45, 2.75) is 111 Å². The van der Waals surface area contributed by atoms with Gasteiger partial charge in [-0.3, -0.25) is 0 Å². The minimum absolute atomic E-state index is 0.0162. The van der Waals surface area contributed by atoms with Crippen molar-refractivity contribution in [2.75, 3.05) is 0 Å². The zero-order chi connectivity index (χ0) is 21.0. The number of hydrogen-bond acceptors (Lipinski definition) is 2. The maximum atomic E-state index is 10.7. The van der Waals surface area contributed by atoms with Gasteiger partial charge in [-0.15, -0.1) is 0 Å². The van der Waals surface area contributed by atoms with Gasteiger partial charge in [-0.05, 0) is 90.4 Å². The second-order valence-electron chi connectivity index (χ2n) is 12.3. The van der Waals surface area contributed by atoms with Gasteiger partial charge in [0.1, 0.15) is 0 Å². The normalized spacial score (nSPS) is 47.9. The third-order valence-corrected chi connectivity index (χ3v) is 10.2. The van der Waals surface area contributed by atoms with Crippen molar-refractivity contribution in [1.29, 1.82) is 0 Å². The molecule has 9 unspecified atom stereocenters. The summed E-state index contributed by atoms with van der Waals surface area (Å²) in [5.74, 6) is 4.82. The molecule has 0 aromatic carbocycles. The minimum atomic E-state index is -0.421. The first-order valence-electron chi connectivity index (χ1n) is 12.7. The van der Waals surface area contributed by atoms with Gasteiger partial charge in [0.25, 0.3) is 0 Å². The number of hydrogen-bond donors (Lipinski definition) is 2. The van der Waals surface area contributed by atoms with Crippen molar-refractivity contribution in [1.82, 2.24) is 0 Å². The first-order valence-corrected chi connectivity index (χ1v) is 12.7. The number of aliphatic hydroxyl groups excluding tert-OH is 2. The highest BCUT2D eigenvalue weighted by Crippen LogP contribution is 2.67. The van der Waals surface area contributed by atoms with Crippen LogP contribution in [0.25, 0.3) is 0 Å². The monoisotopic (exact) mass is 402 g/mol. The predicted octanol–water partition coefficient (Wildman–Crippen LogP) is 6.36. The first-order chi connectivity index (χ1) is 13.7. The Labute approximate surface area is 179 Å². The van der Waals surface area contributed by atoms with Crippen molar-refractivity contribution in [3.63, 3.8) is 0 Å². The maximum absolute atomic E-state index is 10.7. The molecule has 166 valence electrons. The van der Waals surface area contributed by atoms with Gasteiger partial charge in [0.05, 0.1) is 12.2 Å². The van der Waals surface area contributed by atoms with E-state index in [0.29, 0.717) is 17.8 Å². The van der Waals surface area contributed by atoms with Crippen molar-refractivity contribution in [3.05, 3.63) is 11.6 Å². The Bertz CT molecular complexity index is 624. The molecule has 0 spiro atoms. The fourth-order valence-corrected chi connectivity index (χ4v) is 8.89. The Hall–Kier alpha value is -0.340. The number of allylic oxidation sites excluding steroid dienone is 1. The van der Waals surface area contributed by atoms with Crippen LogP contribution in [0.2, 0.25) is 0 Å². The standard InChI is InChI=1S/C27H46O2/c1-17(2)7-6-8-18(3)21-11-12-22-20-9-10-24-25(29)15-19(28)16-27(24,5)23(20)13-14-26(21,22)4/h10,17-23,25,28-29H,6-9,11-16H2,1-5H3. The van der Waals surface area contributed by atoms with Gasteiger partial charge in [-0.25, -0.2) is 0 Å². The zero-order valence-electron chi connectivity index (χ0n) is 19.7. The number of fused-ring (bicyclic) bond motifs is 5. The highest BCUT2D eigenvalue weighted by atomic mass is 16.3. The predicted molar refractivity (Wildman–Crippen MR) is 120 cm³/mol. The van der Waals surface area contributed by atoms with Crippen LogP contribution in [0.5, 0.6) is 0 Å². The Morgan fingerprint density at radius 3 is 2.52 bits per heavy atom. The lowest BCUT2D eigenvalue weighted by Crippen LogP contribution is -2.53. The lowest BCUT2D eigenvalue weighted by atomic mass is 9.46. The summed E-state index contributed by atoms with van der Waals surface area (Å²) in [6.07, 6.45) is 13.8. The van der Waals surface area contributed by atoms with Crippen LogP contribution in [0.4, 0.5) is 0 Å².